The molecule has 196 valence electrons. The normalized spacial score (nSPS) is 36.5. The van der Waals surface area contributed by atoms with Crippen LogP contribution in [0.25, 0.3) is 0 Å². The van der Waals surface area contributed by atoms with E-state index in [1.54, 1.807) is 0 Å². The highest BCUT2D eigenvalue weighted by Gasteiger charge is 2.30. The van der Waals surface area contributed by atoms with Crippen molar-refractivity contribution in [3.05, 3.63) is 0 Å². The third-order valence-corrected chi connectivity index (χ3v) is 8.14. The van der Waals surface area contributed by atoms with Gasteiger partial charge in [0, 0.05) is 37.0 Å². The minimum Gasteiger partial charge on any atom is -0.461 e. The number of esters is 2. The van der Waals surface area contributed by atoms with Crippen molar-refractivity contribution in [1.82, 2.24) is 10.6 Å². The zero-order chi connectivity index (χ0) is 24.2. The number of ether oxygens (including phenoxy) is 2. The Balaban J connectivity index is 1.43. The first kappa shape index (κ1) is 27.4. The second-order valence-corrected chi connectivity index (χ2v) is 11.1. The Bertz CT molecular complexity index is 561. The number of carbonyl (C=O) groups is 2. The number of rotatable bonds is 0. The van der Waals surface area contributed by atoms with Gasteiger partial charge >= 0.3 is 11.9 Å². The van der Waals surface area contributed by atoms with E-state index in [2.05, 4.69) is 24.5 Å². The van der Waals surface area contributed by atoms with Crippen LogP contribution in [0.4, 0.5) is 0 Å². The molecule has 0 aliphatic carbocycles. The van der Waals surface area contributed by atoms with Gasteiger partial charge in [-0.15, -0.1) is 0 Å². The number of hydrogen-bond donors (Lipinski definition) is 2. The van der Waals surface area contributed by atoms with E-state index in [9.17, 15) is 9.59 Å². The summed E-state index contributed by atoms with van der Waals surface area (Å²) >= 11 is 0. The Morgan fingerprint density at radius 2 is 0.912 bits per heavy atom. The van der Waals surface area contributed by atoms with E-state index in [1.807, 2.05) is 0 Å². The molecule has 6 heterocycles. The van der Waals surface area contributed by atoms with Gasteiger partial charge < -0.3 is 20.1 Å². The first-order valence-electron chi connectivity index (χ1n) is 14.4. The smallest absolute Gasteiger partial charge is 0.306 e. The Morgan fingerprint density at radius 3 is 1.32 bits per heavy atom. The largest absolute Gasteiger partial charge is 0.461 e. The van der Waals surface area contributed by atoms with E-state index < -0.39 is 0 Å². The summed E-state index contributed by atoms with van der Waals surface area (Å²) in [5, 5.41) is 7.35. The van der Waals surface area contributed by atoms with Gasteiger partial charge in [-0.3, -0.25) is 9.59 Å². The minimum absolute atomic E-state index is 0.0193. The molecule has 0 aromatic carbocycles. The summed E-state index contributed by atoms with van der Waals surface area (Å²) in [7, 11) is 0. The van der Waals surface area contributed by atoms with Gasteiger partial charge in [-0.25, -0.2) is 0 Å². The van der Waals surface area contributed by atoms with Crippen molar-refractivity contribution in [2.24, 2.45) is 0 Å². The molecule has 0 aromatic rings. The lowest BCUT2D eigenvalue weighted by Crippen LogP contribution is -2.50. The molecule has 0 radical (unpaired) electrons. The van der Waals surface area contributed by atoms with Crippen LogP contribution in [0.15, 0.2) is 0 Å². The fraction of sp³-hybridized carbons (Fsp3) is 0.929. The summed E-state index contributed by atoms with van der Waals surface area (Å²) in [5.41, 5.74) is 0. The Morgan fingerprint density at radius 1 is 0.529 bits per heavy atom. The summed E-state index contributed by atoms with van der Waals surface area (Å²) < 4.78 is 11.6. The second kappa shape index (κ2) is 15.1. The lowest BCUT2D eigenvalue weighted by molar-refractivity contribution is -0.153. The molecule has 6 rings (SSSR count). The highest BCUT2D eigenvalue weighted by atomic mass is 16.5. The van der Waals surface area contributed by atoms with Gasteiger partial charge in [-0.1, -0.05) is 51.4 Å². The maximum atomic E-state index is 12.3. The molecule has 34 heavy (non-hydrogen) atoms. The molecule has 6 atom stereocenters. The molecule has 6 fully saturated rings. The standard InChI is InChI=1S/C28H50N2O4/c1-21-25-19-17-23(29-21)13-9-5-3-8-12-16-28(32)34-26-20-18-24(30-22(26)2)14-10-6-4-7-11-15-27(31)33-25/h21-26,29-30H,3-20H2,1-2H3/t21-,22-,23+,24+,25+,26+/m0/s1. The molecule has 0 unspecified atom stereocenters. The molecular weight excluding hydrogens is 428 g/mol. The van der Waals surface area contributed by atoms with E-state index in [0.717, 1.165) is 51.4 Å². The van der Waals surface area contributed by atoms with E-state index in [-0.39, 0.29) is 36.2 Å². The van der Waals surface area contributed by atoms with Gasteiger partial charge in [0.2, 0.25) is 0 Å². The highest BCUT2D eigenvalue weighted by Crippen LogP contribution is 2.23. The van der Waals surface area contributed by atoms with Gasteiger partial charge in [0.25, 0.3) is 0 Å². The molecule has 6 aliphatic rings. The average Bonchev–Trinajstić information content (AvgIpc) is 2.80. The lowest BCUT2D eigenvalue weighted by atomic mass is 9.92. The Hall–Kier alpha value is -1.14. The first-order chi connectivity index (χ1) is 16.5. The average molecular weight is 479 g/mol. The summed E-state index contributed by atoms with van der Waals surface area (Å²) in [6.07, 6.45) is 18.9. The molecule has 6 nitrogen and oxygen atoms in total. The van der Waals surface area contributed by atoms with Crippen LogP contribution in [-0.2, 0) is 19.1 Å². The summed E-state index contributed by atoms with van der Waals surface area (Å²) in [6, 6.07) is 1.53. The molecular formula is C28H50N2O4. The quantitative estimate of drug-likeness (QED) is 0.444. The lowest BCUT2D eigenvalue weighted by Gasteiger charge is -2.35. The van der Waals surface area contributed by atoms with Crippen molar-refractivity contribution >= 4 is 11.9 Å². The molecule has 6 saturated heterocycles. The maximum absolute atomic E-state index is 12.3. The minimum atomic E-state index is -0.0193. The predicted molar refractivity (Wildman–Crippen MR) is 136 cm³/mol. The number of hydrogen-bond acceptors (Lipinski definition) is 6. The van der Waals surface area contributed by atoms with E-state index in [1.165, 1.54) is 51.4 Å². The maximum Gasteiger partial charge on any atom is 0.306 e. The van der Waals surface area contributed by atoms with Crippen LogP contribution in [0, 0.1) is 0 Å². The van der Waals surface area contributed by atoms with Crippen LogP contribution in [0.2, 0.25) is 0 Å². The van der Waals surface area contributed by atoms with Crippen molar-refractivity contribution in [3.8, 4) is 0 Å². The molecule has 0 amide bonds. The van der Waals surface area contributed by atoms with Gasteiger partial charge in [-0.05, 0) is 65.2 Å². The summed E-state index contributed by atoms with van der Waals surface area (Å²) in [6.45, 7) is 4.31. The Kier molecular flexibility index (Phi) is 12.2. The topological polar surface area (TPSA) is 76.7 Å². The predicted octanol–water partition coefficient (Wildman–Crippen LogP) is 5.57. The molecule has 0 spiro atoms. The second-order valence-electron chi connectivity index (χ2n) is 11.1. The molecule has 2 N–H and O–H groups in total. The molecule has 4 bridgehead atoms. The van der Waals surface area contributed by atoms with Crippen LogP contribution in [0.3, 0.4) is 0 Å². The van der Waals surface area contributed by atoms with Crippen molar-refractivity contribution < 1.29 is 19.1 Å². The van der Waals surface area contributed by atoms with E-state index in [4.69, 9.17) is 9.47 Å². The molecule has 0 saturated carbocycles. The van der Waals surface area contributed by atoms with E-state index in [0.29, 0.717) is 24.9 Å². The van der Waals surface area contributed by atoms with Gasteiger partial charge in [0.1, 0.15) is 12.2 Å². The number of carbonyl (C=O) groups excluding carboxylic acids is 2. The van der Waals surface area contributed by atoms with Gasteiger partial charge in [-0.2, -0.15) is 0 Å². The summed E-state index contributed by atoms with van der Waals surface area (Å²) in [4.78, 5) is 24.6. The third kappa shape index (κ3) is 9.85. The third-order valence-electron chi connectivity index (χ3n) is 8.14. The monoisotopic (exact) mass is 478 g/mol. The first-order valence-corrected chi connectivity index (χ1v) is 14.4. The van der Waals surface area contributed by atoms with Crippen molar-refractivity contribution in [1.29, 1.82) is 0 Å². The molecule has 6 aliphatic heterocycles. The van der Waals surface area contributed by atoms with Gasteiger partial charge in [0.05, 0.1) is 0 Å². The molecule has 0 aromatic heterocycles. The highest BCUT2D eigenvalue weighted by molar-refractivity contribution is 5.69. The summed E-state index contributed by atoms with van der Waals surface area (Å²) in [5.74, 6) is -0.0385. The zero-order valence-electron chi connectivity index (χ0n) is 21.8. The van der Waals surface area contributed by atoms with E-state index >= 15 is 0 Å². The fourth-order valence-corrected chi connectivity index (χ4v) is 5.97. The van der Waals surface area contributed by atoms with Crippen LogP contribution in [0.5, 0.6) is 0 Å². The number of piperidine rings is 2. The van der Waals surface area contributed by atoms with Gasteiger partial charge in [0.15, 0.2) is 0 Å². The van der Waals surface area contributed by atoms with Crippen molar-refractivity contribution in [2.45, 2.75) is 166 Å². The van der Waals surface area contributed by atoms with Crippen LogP contribution in [-0.4, -0.2) is 48.3 Å². The molecule has 6 heteroatoms. The van der Waals surface area contributed by atoms with Crippen LogP contribution >= 0.6 is 0 Å². The van der Waals surface area contributed by atoms with Crippen LogP contribution in [0.1, 0.15) is 129 Å². The Labute approximate surface area is 207 Å². The SMILES string of the molecule is C[C@@H]1N[C@@H]2CCCCCCCC(=O)O[C@@H]3CC[C@@H](CCCCCCCC(=O)O[C@@H]1CC2)N[C@H]3C. The fourth-order valence-electron chi connectivity index (χ4n) is 5.97. The number of nitrogens with one attached hydrogen (secondary N) is 2. The van der Waals surface area contributed by atoms with Crippen molar-refractivity contribution in [2.75, 3.05) is 0 Å². The van der Waals surface area contributed by atoms with Crippen molar-refractivity contribution in [3.63, 3.8) is 0 Å². The van der Waals surface area contributed by atoms with Crippen LogP contribution < -0.4 is 10.6 Å². The zero-order valence-corrected chi connectivity index (χ0v) is 21.8.